The van der Waals surface area contributed by atoms with Crippen molar-refractivity contribution in [1.82, 2.24) is 24.7 Å². The number of hydrogen-bond donors (Lipinski definition) is 1. The summed E-state index contributed by atoms with van der Waals surface area (Å²) in [5, 5.41) is 18.2. The van der Waals surface area contributed by atoms with Crippen molar-refractivity contribution in [2.75, 3.05) is 0 Å². The fourth-order valence-electron chi connectivity index (χ4n) is 1.46. The van der Waals surface area contributed by atoms with Crippen LogP contribution in [0.5, 0.6) is 0 Å². The maximum absolute atomic E-state index is 10.9. The van der Waals surface area contributed by atoms with Crippen LogP contribution in [-0.4, -0.2) is 29.7 Å². The van der Waals surface area contributed by atoms with E-state index < -0.39 is 4.92 Å². The molecule has 0 amide bonds. The molecule has 9 heteroatoms. The van der Waals surface area contributed by atoms with Crippen molar-refractivity contribution in [2.45, 2.75) is 30.6 Å². The number of nitro groups is 1. The topological polar surface area (TPSA) is 103 Å². The minimum absolute atomic E-state index is 0.147. The number of aryl methyl sites for hydroxylation is 1. The largest absolute Gasteiger partial charge is 0.396 e. The van der Waals surface area contributed by atoms with Crippen LogP contribution in [0.15, 0.2) is 16.5 Å². The maximum Gasteiger partial charge on any atom is 0.396 e. The Kier molecular flexibility index (Phi) is 3.09. The van der Waals surface area contributed by atoms with Crippen LogP contribution in [-0.2, 0) is 6.54 Å². The van der Waals surface area contributed by atoms with Crippen LogP contribution in [0.3, 0.4) is 0 Å². The van der Waals surface area contributed by atoms with Gasteiger partial charge in [-0.05, 0) is 28.6 Å². The van der Waals surface area contributed by atoms with E-state index in [1.807, 2.05) is 6.92 Å². The van der Waals surface area contributed by atoms with Crippen LogP contribution >= 0.6 is 11.8 Å². The van der Waals surface area contributed by atoms with Gasteiger partial charge in [-0.2, -0.15) is 5.10 Å². The molecule has 0 fully saturated rings. The molecule has 0 spiro atoms. The summed E-state index contributed by atoms with van der Waals surface area (Å²) in [6.45, 7) is 4.26. The summed E-state index contributed by atoms with van der Waals surface area (Å²) in [5.41, 5.74) is 0. The normalized spacial score (nSPS) is 10.7. The molecule has 0 radical (unpaired) electrons. The zero-order valence-electron chi connectivity index (χ0n) is 9.25. The highest BCUT2D eigenvalue weighted by molar-refractivity contribution is 7.99. The number of imidazole rings is 1. The lowest BCUT2D eigenvalue weighted by Crippen LogP contribution is -1.99. The Morgan fingerprint density at radius 2 is 2.41 bits per heavy atom. The van der Waals surface area contributed by atoms with E-state index >= 15 is 0 Å². The lowest BCUT2D eigenvalue weighted by molar-refractivity contribution is -0.392. The fourth-order valence-corrected chi connectivity index (χ4v) is 2.42. The molecule has 0 aliphatic rings. The van der Waals surface area contributed by atoms with Crippen molar-refractivity contribution in [1.29, 1.82) is 0 Å². The number of aromatic nitrogens is 5. The van der Waals surface area contributed by atoms with Crippen LogP contribution in [0, 0.1) is 17.0 Å². The summed E-state index contributed by atoms with van der Waals surface area (Å²) in [4.78, 5) is 18.3. The number of nitrogens with zero attached hydrogens (tertiary/aromatic N) is 5. The summed E-state index contributed by atoms with van der Waals surface area (Å²) in [5.74, 6) is 0.465. The van der Waals surface area contributed by atoms with E-state index in [9.17, 15) is 10.1 Å². The quantitative estimate of drug-likeness (QED) is 0.653. The molecule has 2 heterocycles. The van der Waals surface area contributed by atoms with Crippen LogP contribution in [0.25, 0.3) is 0 Å². The highest BCUT2D eigenvalue weighted by atomic mass is 32.2. The summed E-state index contributed by atoms with van der Waals surface area (Å²) < 4.78 is 1.77. The molecule has 8 nitrogen and oxygen atoms in total. The first-order chi connectivity index (χ1) is 8.13. The first kappa shape index (κ1) is 11.6. The average molecular weight is 254 g/mol. The molecule has 2 aromatic rings. The predicted molar refractivity (Wildman–Crippen MR) is 59.8 cm³/mol. The van der Waals surface area contributed by atoms with Crippen molar-refractivity contribution >= 4 is 17.6 Å². The number of hydrogen-bond acceptors (Lipinski definition) is 6. The standard InChI is InChI=1S/C8H10N6O2S/c1-3-13-5(2)11-6(14(15)16)7(13)17-8-9-4-10-12-8/h4H,3H2,1-2H3,(H,9,10,12). The van der Waals surface area contributed by atoms with Gasteiger partial charge in [0, 0.05) is 13.5 Å². The van der Waals surface area contributed by atoms with Gasteiger partial charge in [0.25, 0.3) is 0 Å². The summed E-state index contributed by atoms with van der Waals surface area (Å²) >= 11 is 1.15. The van der Waals surface area contributed by atoms with Crippen LogP contribution in [0.1, 0.15) is 12.7 Å². The van der Waals surface area contributed by atoms with Crippen molar-refractivity contribution in [2.24, 2.45) is 0 Å². The summed E-state index contributed by atoms with van der Waals surface area (Å²) in [7, 11) is 0. The minimum Gasteiger partial charge on any atom is -0.358 e. The maximum atomic E-state index is 10.9. The van der Waals surface area contributed by atoms with Crippen molar-refractivity contribution in [3.63, 3.8) is 0 Å². The first-order valence-electron chi connectivity index (χ1n) is 4.88. The van der Waals surface area contributed by atoms with Gasteiger partial charge in [0.1, 0.15) is 6.33 Å². The number of H-pyrrole nitrogens is 1. The second-order valence-corrected chi connectivity index (χ2v) is 4.16. The van der Waals surface area contributed by atoms with E-state index in [1.54, 1.807) is 11.5 Å². The highest BCUT2D eigenvalue weighted by Crippen LogP contribution is 2.33. The minimum atomic E-state index is -0.488. The zero-order valence-corrected chi connectivity index (χ0v) is 10.1. The third-order valence-corrected chi connectivity index (χ3v) is 3.16. The Hall–Kier alpha value is -1.90. The van der Waals surface area contributed by atoms with Crippen molar-refractivity contribution in [3.8, 4) is 0 Å². The highest BCUT2D eigenvalue weighted by Gasteiger charge is 2.26. The second-order valence-electron chi connectivity index (χ2n) is 3.18. The molecule has 0 aromatic carbocycles. The van der Waals surface area contributed by atoms with Crippen molar-refractivity contribution < 1.29 is 4.92 Å². The zero-order chi connectivity index (χ0) is 12.4. The molecule has 2 aromatic heterocycles. The monoisotopic (exact) mass is 254 g/mol. The lowest BCUT2D eigenvalue weighted by Gasteiger charge is -2.02. The van der Waals surface area contributed by atoms with Gasteiger partial charge < -0.3 is 10.1 Å². The van der Waals surface area contributed by atoms with E-state index in [-0.39, 0.29) is 5.82 Å². The Morgan fingerprint density at radius 3 is 2.94 bits per heavy atom. The molecular formula is C8H10N6O2S. The molecule has 2 rings (SSSR count). The molecule has 0 atom stereocenters. The van der Waals surface area contributed by atoms with Gasteiger partial charge in [0.2, 0.25) is 5.82 Å². The first-order valence-corrected chi connectivity index (χ1v) is 5.69. The second kappa shape index (κ2) is 4.53. The molecule has 0 unspecified atom stereocenters. The van der Waals surface area contributed by atoms with E-state index in [1.165, 1.54) is 6.33 Å². The smallest absolute Gasteiger partial charge is 0.358 e. The molecule has 0 aliphatic carbocycles. The Labute approximate surface area is 101 Å². The van der Waals surface area contributed by atoms with E-state index in [0.29, 0.717) is 22.6 Å². The molecule has 17 heavy (non-hydrogen) atoms. The third-order valence-electron chi connectivity index (χ3n) is 2.17. The number of rotatable bonds is 4. The van der Waals surface area contributed by atoms with Crippen LogP contribution < -0.4 is 0 Å². The van der Waals surface area contributed by atoms with Gasteiger partial charge in [-0.25, -0.2) is 4.98 Å². The average Bonchev–Trinajstić information content (AvgIpc) is 2.87. The SMILES string of the molecule is CCn1c(C)nc([N+](=O)[O-])c1Sc1ncn[nH]1. The van der Waals surface area contributed by atoms with Gasteiger partial charge in [-0.1, -0.05) is 0 Å². The fraction of sp³-hybridized carbons (Fsp3) is 0.375. The van der Waals surface area contributed by atoms with Crippen molar-refractivity contribution in [3.05, 3.63) is 22.3 Å². The van der Waals surface area contributed by atoms with Gasteiger partial charge in [0.15, 0.2) is 10.2 Å². The predicted octanol–water partition coefficient (Wildman–Crippen LogP) is 1.39. The molecule has 0 bridgehead atoms. The molecule has 0 saturated heterocycles. The van der Waals surface area contributed by atoms with Crippen LogP contribution in [0.2, 0.25) is 0 Å². The summed E-state index contributed by atoms with van der Waals surface area (Å²) in [6.07, 6.45) is 1.35. The summed E-state index contributed by atoms with van der Waals surface area (Å²) in [6, 6.07) is 0. The molecule has 1 N–H and O–H groups in total. The van der Waals surface area contributed by atoms with Gasteiger partial charge in [-0.3, -0.25) is 9.67 Å². The Bertz CT molecular complexity index is 534. The lowest BCUT2D eigenvalue weighted by atomic mass is 10.6. The molecule has 0 aliphatic heterocycles. The van der Waals surface area contributed by atoms with E-state index in [0.717, 1.165) is 11.8 Å². The van der Waals surface area contributed by atoms with Gasteiger partial charge in [-0.15, -0.1) is 0 Å². The van der Waals surface area contributed by atoms with E-state index in [4.69, 9.17) is 0 Å². The third kappa shape index (κ3) is 2.13. The van der Waals surface area contributed by atoms with Gasteiger partial charge >= 0.3 is 5.82 Å². The number of aromatic amines is 1. The van der Waals surface area contributed by atoms with Gasteiger partial charge in [0.05, 0.1) is 0 Å². The molecule has 0 saturated carbocycles. The molecule has 90 valence electrons. The Balaban J connectivity index is 2.45. The number of nitrogens with one attached hydrogen (secondary N) is 1. The Morgan fingerprint density at radius 1 is 1.65 bits per heavy atom. The van der Waals surface area contributed by atoms with Crippen LogP contribution in [0.4, 0.5) is 5.82 Å². The molecular weight excluding hydrogens is 244 g/mol. The van der Waals surface area contributed by atoms with E-state index in [2.05, 4.69) is 20.2 Å².